The molecule has 1 atom stereocenters. The molecule has 1 rings (SSSR count). The topological polar surface area (TPSA) is 66.4 Å². The summed E-state index contributed by atoms with van der Waals surface area (Å²) in [4.78, 5) is -0.0297. The molecule has 4 nitrogen and oxygen atoms in total. The minimum absolute atomic E-state index is 0.0297. The summed E-state index contributed by atoms with van der Waals surface area (Å²) in [6.07, 6.45) is 0.486. The van der Waals surface area contributed by atoms with Crippen molar-refractivity contribution in [3.05, 3.63) is 27.7 Å². The fourth-order valence-electron chi connectivity index (χ4n) is 1.38. The van der Waals surface area contributed by atoms with Crippen LogP contribution >= 0.6 is 23.2 Å². The molecule has 1 aromatic carbocycles. The van der Waals surface area contributed by atoms with Crippen molar-refractivity contribution < 1.29 is 13.5 Å². The third-order valence-electron chi connectivity index (χ3n) is 2.61. The second kappa shape index (κ2) is 6.21. The molecule has 1 aromatic rings. The molecule has 0 saturated heterocycles. The summed E-state index contributed by atoms with van der Waals surface area (Å²) in [5.74, 6) is 0. The van der Waals surface area contributed by atoms with Gasteiger partial charge >= 0.3 is 0 Å². The van der Waals surface area contributed by atoms with E-state index < -0.39 is 16.1 Å². The fourth-order valence-corrected chi connectivity index (χ4v) is 3.50. The minimum atomic E-state index is -3.75. The maximum atomic E-state index is 12.1. The molecule has 0 aliphatic rings. The molecular formula is C11H15Cl2NO3S. The van der Waals surface area contributed by atoms with E-state index >= 15 is 0 Å². The molecule has 102 valence electrons. The first-order valence-electron chi connectivity index (χ1n) is 5.41. The molecule has 0 amide bonds. The first kappa shape index (κ1) is 15.7. The van der Waals surface area contributed by atoms with Crippen molar-refractivity contribution in [1.29, 1.82) is 0 Å². The van der Waals surface area contributed by atoms with E-state index in [1.807, 2.05) is 0 Å². The normalized spacial score (nSPS) is 13.6. The van der Waals surface area contributed by atoms with Crippen molar-refractivity contribution in [3.63, 3.8) is 0 Å². The van der Waals surface area contributed by atoms with Gasteiger partial charge in [-0.05, 0) is 31.0 Å². The molecule has 0 fully saturated rings. The Morgan fingerprint density at radius 1 is 1.39 bits per heavy atom. The average molecular weight is 312 g/mol. The number of aliphatic hydroxyl groups is 1. The van der Waals surface area contributed by atoms with Gasteiger partial charge in [0.15, 0.2) is 0 Å². The minimum Gasteiger partial charge on any atom is -0.395 e. The molecule has 2 N–H and O–H groups in total. The van der Waals surface area contributed by atoms with E-state index in [0.29, 0.717) is 17.0 Å². The Labute approximate surface area is 117 Å². The predicted octanol–water partition coefficient (Wildman–Crippen LogP) is 2.35. The van der Waals surface area contributed by atoms with Gasteiger partial charge in [0.1, 0.15) is 4.90 Å². The molecule has 0 unspecified atom stereocenters. The Balaban J connectivity index is 3.17. The lowest BCUT2D eigenvalue weighted by molar-refractivity contribution is 0.254. The lowest BCUT2D eigenvalue weighted by atomic mass is 10.2. The average Bonchev–Trinajstić information content (AvgIpc) is 2.32. The number of aliphatic hydroxyl groups excluding tert-OH is 1. The molecule has 0 radical (unpaired) electrons. The van der Waals surface area contributed by atoms with Gasteiger partial charge in [-0.25, -0.2) is 13.1 Å². The van der Waals surface area contributed by atoms with E-state index in [4.69, 9.17) is 28.3 Å². The van der Waals surface area contributed by atoms with Gasteiger partial charge in [0.25, 0.3) is 0 Å². The highest BCUT2D eigenvalue weighted by molar-refractivity contribution is 7.89. The van der Waals surface area contributed by atoms with Crippen molar-refractivity contribution in [2.24, 2.45) is 0 Å². The summed E-state index contributed by atoms with van der Waals surface area (Å²) in [6, 6.07) is 2.31. The number of halogens is 2. The van der Waals surface area contributed by atoms with Crippen molar-refractivity contribution in [2.75, 3.05) is 6.61 Å². The Bertz CT molecular complexity index is 527. The Morgan fingerprint density at radius 3 is 2.50 bits per heavy atom. The van der Waals surface area contributed by atoms with Crippen molar-refractivity contribution in [2.45, 2.75) is 31.2 Å². The highest BCUT2D eigenvalue weighted by Crippen LogP contribution is 2.30. The number of hydrogen-bond donors (Lipinski definition) is 2. The molecule has 0 aliphatic heterocycles. The molecule has 0 aromatic heterocycles. The van der Waals surface area contributed by atoms with E-state index in [1.165, 1.54) is 12.1 Å². The van der Waals surface area contributed by atoms with Crippen molar-refractivity contribution in [1.82, 2.24) is 4.72 Å². The zero-order valence-electron chi connectivity index (χ0n) is 10.1. The number of benzene rings is 1. The van der Waals surface area contributed by atoms with E-state index in [2.05, 4.69) is 4.72 Å². The predicted molar refractivity (Wildman–Crippen MR) is 72.7 cm³/mol. The largest absolute Gasteiger partial charge is 0.395 e. The lowest BCUT2D eigenvalue weighted by Gasteiger charge is -2.16. The van der Waals surface area contributed by atoms with Crippen LogP contribution in [-0.4, -0.2) is 26.2 Å². The third kappa shape index (κ3) is 3.36. The Hall–Kier alpha value is -0.330. The molecule has 0 bridgehead atoms. The highest BCUT2D eigenvalue weighted by Gasteiger charge is 2.22. The number of rotatable bonds is 5. The van der Waals surface area contributed by atoms with Crippen LogP contribution in [0.5, 0.6) is 0 Å². The van der Waals surface area contributed by atoms with Gasteiger partial charge < -0.3 is 5.11 Å². The summed E-state index contributed by atoms with van der Waals surface area (Å²) < 4.78 is 26.6. The van der Waals surface area contributed by atoms with Crippen LogP contribution in [0.4, 0.5) is 0 Å². The summed E-state index contributed by atoms with van der Waals surface area (Å²) in [6.45, 7) is 3.16. The summed E-state index contributed by atoms with van der Waals surface area (Å²) in [5, 5.41) is 9.53. The van der Waals surface area contributed by atoms with Gasteiger partial charge in [-0.1, -0.05) is 30.1 Å². The van der Waals surface area contributed by atoms with Crippen LogP contribution < -0.4 is 4.72 Å². The molecule has 0 heterocycles. The van der Waals surface area contributed by atoms with Crippen LogP contribution in [0.3, 0.4) is 0 Å². The molecule has 0 aliphatic carbocycles. The molecule has 7 heteroatoms. The SMILES string of the molecule is CC[C@H](CO)NS(=O)(=O)c1ccc(Cl)c(C)c1Cl. The summed E-state index contributed by atoms with van der Waals surface area (Å²) in [5.41, 5.74) is 0.512. The summed E-state index contributed by atoms with van der Waals surface area (Å²) >= 11 is 11.8. The van der Waals surface area contributed by atoms with Gasteiger partial charge in [-0.3, -0.25) is 0 Å². The fraction of sp³-hybridized carbons (Fsp3) is 0.455. The monoisotopic (exact) mass is 311 g/mol. The van der Waals surface area contributed by atoms with Gasteiger partial charge in [0.05, 0.1) is 11.6 Å². The van der Waals surface area contributed by atoms with E-state index in [1.54, 1.807) is 13.8 Å². The smallest absolute Gasteiger partial charge is 0.242 e. The van der Waals surface area contributed by atoms with E-state index in [9.17, 15) is 8.42 Å². The second-order valence-corrected chi connectivity index (χ2v) is 6.36. The summed E-state index contributed by atoms with van der Waals surface area (Å²) in [7, 11) is -3.75. The molecular weight excluding hydrogens is 297 g/mol. The zero-order chi connectivity index (χ0) is 13.9. The van der Waals surface area contributed by atoms with Crippen LogP contribution in [0.15, 0.2) is 17.0 Å². The Kier molecular flexibility index (Phi) is 5.43. The van der Waals surface area contributed by atoms with Crippen LogP contribution in [0.1, 0.15) is 18.9 Å². The molecule has 0 saturated carbocycles. The Morgan fingerprint density at radius 2 is 2.00 bits per heavy atom. The van der Waals surface area contributed by atoms with Crippen LogP contribution in [0.2, 0.25) is 10.0 Å². The van der Waals surface area contributed by atoms with Gasteiger partial charge in [0, 0.05) is 11.1 Å². The van der Waals surface area contributed by atoms with E-state index in [-0.39, 0.29) is 16.5 Å². The number of sulfonamides is 1. The maximum absolute atomic E-state index is 12.1. The van der Waals surface area contributed by atoms with Gasteiger partial charge in [0.2, 0.25) is 10.0 Å². The highest BCUT2D eigenvalue weighted by atomic mass is 35.5. The van der Waals surface area contributed by atoms with Crippen molar-refractivity contribution >= 4 is 33.2 Å². The second-order valence-electron chi connectivity index (χ2n) is 3.89. The van der Waals surface area contributed by atoms with Crippen LogP contribution in [0, 0.1) is 6.92 Å². The van der Waals surface area contributed by atoms with Crippen LogP contribution in [-0.2, 0) is 10.0 Å². The first-order chi connectivity index (χ1) is 8.33. The quantitative estimate of drug-likeness (QED) is 0.877. The number of nitrogens with one attached hydrogen (secondary N) is 1. The lowest BCUT2D eigenvalue weighted by Crippen LogP contribution is -2.37. The number of hydrogen-bond acceptors (Lipinski definition) is 3. The molecule has 0 spiro atoms. The van der Waals surface area contributed by atoms with Crippen molar-refractivity contribution in [3.8, 4) is 0 Å². The third-order valence-corrected chi connectivity index (χ3v) is 5.18. The zero-order valence-corrected chi connectivity index (χ0v) is 12.4. The van der Waals surface area contributed by atoms with Gasteiger partial charge in [-0.15, -0.1) is 0 Å². The first-order valence-corrected chi connectivity index (χ1v) is 7.65. The standard InChI is InChI=1S/C11H15Cl2NO3S/c1-3-8(6-15)14-18(16,17)10-5-4-9(12)7(2)11(10)13/h4-5,8,14-15H,3,6H2,1-2H3/t8-/m1/s1. The molecule has 18 heavy (non-hydrogen) atoms. The van der Waals surface area contributed by atoms with Crippen LogP contribution in [0.25, 0.3) is 0 Å². The van der Waals surface area contributed by atoms with Gasteiger partial charge in [-0.2, -0.15) is 0 Å². The maximum Gasteiger partial charge on any atom is 0.242 e. The van der Waals surface area contributed by atoms with E-state index in [0.717, 1.165) is 0 Å².